The molecule has 0 spiro atoms. The molecular formula is C15H14ClNO. The van der Waals surface area contributed by atoms with E-state index in [1.807, 2.05) is 55.6 Å². The first-order chi connectivity index (χ1) is 8.70. The molecule has 0 aromatic heterocycles. The molecule has 0 aliphatic rings. The summed E-state index contributed by atoms with van der Waals surface area (Å²) in [6.45, 7) is 0.736. The maximum Gasteiger partial charge on any atom is 0.150 e. The van der Waals surface area contributed by atoms with Crippen LogP contribution in [0.25, 0.3) is 0 Å². The largest absolute Gasteiger partial charge is 0.370 e. The maximum absolute atomic E-state index is 10.6. The zero-order chi connectivity index (χ0) is 13.0. The molecule has 0 heterocycles. The van der Waals surface area contributed by atoms with Gasteiger partial charge in [0.25, 0.3) is 0 Å². The van der Waals surface area contributed by atoms with Crippen molar-refractivity contribution in [3.63, 3.8) is 0 Å². The Balaban J connectivity index is 2.14. The lowest BCUT2D eigenvalue weighted by molar-refractivity contribution is 0.112. The summed E-state index contributed by atoms with van der Waals surface area (Å²) in [6.07, 6.45) is 0.845. The predicted molar refractivity (Wildman–Crippen MR) is 75.4 cm³/mol. The number of anilines is 1. The predicted octanol–water partition coefficient (Wildman–Crippen LogP) is 3.79. The van der Waals surface area contributed by atoms with E-state index in [4.69, 9.17) is 11.6 Å². The molecule has 0 unspecified atom stereocenters. The van der Waals surface area contributed by atoms with Crippen molar-refractivity contribution in [1.29, 1.82) is 0 Å². The van der Waals surface area contributed by atoms with E-state index in [1.165, 1.54) is 0 Å². The second-order valence-electron chi connectivity index (χ2n) is 4.16. The Morgan fingerprint density at radius 1 is 1.11 bits per heavy atom. The van der Waals surface area contributed by atoms with Gasteiger partial charge in [0.15, 0.2) is 0 Å². The van der Waals surface area contributed by atoms with Crippen molar-refractivity contribution in [2.45, 2.75) is 6.54 Å². The van der Waals surface area contributed by atoms with Crippen LogP contribution in [0.2, 0.25) is 5.02 Å². The van der Waals surface area contributed by atoms with E-state index in [1.54, 1.807) is 0 Å². The molecule has 0 aliphatic carbocycles. The van der Waals surface area contributed by atoms with E-state index in [0.717, 1.165) is 29.1 Å². The molecule has 92 valence electrons. The Labute approximate surface area is 112 Å². The highest BCUT2D eigenvalue weighted by Crippen LogP contribution is 2.20. The van der Waals surface area contributed by atoms with Crippen molar-refractivity contribution in [3.8, 4) is 0 Å². The standard InChI is InChI=1S/C15H14ClNO/c1-17(10-13-4-2-3-5-15(13)16)14-8-6-12(11-18)7-9-14/h2-9,11H,10H2,1H3. The summed E-state index contributed by atoms with van der Waals surface area (Å²) in [5.41, 5.74) is 2.83. The molecule has 0 saturated carbocycles. The Hall–Kier alpha value is -1.80. The number of halogens is 1. The zero-order valence-corrected chi connectivity index (χ0v) is 10.9. The molecule has 0 N–H and O–H groups in total. The van der Waals surface area contributed by atoms with Crippen LogP contribution in [0.15, 0.2) is 48.5 Å². The van der Waals surface area contributed by atoms with Crippen LogP contribution in [0.4, 0.5) is 5.69 Å². The Kier molecular flexibility index (Phi) is 4.00. The minimum absolute atomic E-state index is 0.685. The van der Waals surface area contributed by atoms with Crippen LogP contribution < -0.4 is 4.90 Å². The van der Waals surface area contributed by atoms with Crippen LogP contribution in [-0.2, 0) is 6.54 Å². The number of benzene rings is 2. The third-order valence-electron chi connectivity index (χ3n) is 2.84. The van der Waals surface area contributed by atoms with E-state index >= 15 is 0 Å². The Morgan fingerprint density at radius 3 is 2.39 bits per heavy atom. The molecular weight excluding hydrogens is 246 g/mol. The SMILES string of the molecule is CN(Cc1ccccc1Cl)c1ccc(C=O)cc1. The van der Waals surface area contributed by atoms with Gasteiger partial charge in [-0.25, -0.2) is 0 Å². The van der Waals surface area contributed by atoms with Gasteiger partial charge in [-0.1, -0.05) is 29.8 Å². The summed E-state index contributed by atoms with van der Waals surface area (Å²) in [7, 11) is 2.00. The molecule has 2 nitrogen and oxygen atoms in total. The molecule has 0 radical (unpaired) electrons. The van der Waals surface area contributed by atoms with Crippen LogP contribution in [0.5, 0.6) is 0 Å². The number of rotatable bonds is 4. The fourth-order valence-corrected chi connectivity index (χ4v) is 1.98. The van der Waals surface area contributed by atoms with Gasteiger partial charge in [-0.2, -0.15) is 0 Å². The number of carbonyl (C=O) groups is 1. The zero-order valence-electron chi connectivity index (χ0n) is 10.1. The van der Waals surface area contributed by atoms with Crippen molar-refractivity contribution in [3.05, 3.63) is 64.7 Å². The minimum atomic E-state index is 0.685. The van der Waals surface area contributed by atoms with Crippen LogP contribution >= 0.6 is 11.6 Å². The maximum atomic E-state index is 10.6. The van der Waals surface area contributed by atoms with Crippen molar-refractivity contribution >= 4 is 23.6 Å². The van der Waals surface area contributed by atoms with Gasteiger partial charge < -0.3 is 4.90 Å². The summed E-state index contributed by atoms with van der Waals surface area (Å²) in [5.74, 6) is 0. The smallest absolute Gasteiger partial charge is 0.150 e. The molecule has 0 atom stereocenters. The lowest BCUT2D eigenvalue weighted by Gasteiger charge is -2.20. The van der Waals surface area contributed by atoms with Crippen molar-refractivity contribution in [1.82, 2.24) is 0 Å². The third kappa shape index (κ3) is 2.90. The first kappa shape index (κ1) is 12.7. The molecule has 0 bridgehead atoms. The normalized spacial score (nSPS) is 10.1. The minimum Gasteiger partial charge on any atom is -0.370 e. The van der Waals surface area contributed by atoms with E-state index in [0.29, 0.717) is 5.56 Å². The fourth-order valence-electron chi connectivity index (χ4n) is 1.78. The van der Waals surface area contributed by atoms with Gasteiger partial charge in [-0.05, 0) is 35.9 Å². The number of carbonyl (C=O) groups excluding carboxylic acids is 1. The monoisotopic (exact) mass is 259 g/mol. The van der Waals surface area contributed by atoms with Gasteiger partial charge in [0.05, 0.1) is 0 Å². The van der Waals surface area contributed by atoms with E-state index in [2.05, 4.69) is 4.90 Å². The van der Waals surface area contributed by atoms with Crippen molar-refractivity contribution < 1.29 is 4.79 Å². The summed E-state index contributed by atoms with van der Waals surface area (Å²) < 4.78 is 0. The molecule has 0 aliphatic heterocycles. The fraction of sp³-hybridized carbons (Fsp3) is 0.133. The summed E-state index contributed by atoms with van der Waals surface area (Å²) >= 11 is 6.13. The van der Waals surface area contributed by atoms with E-state index < -0.39 is 0 Å². The van der Waals surface area contributed by atoms with Crippen molar-refractivity contribution in [2.75, 3.05) is 11.9 Å². The number of hydrogen-bond donors (Lipinski definition) is 0. The number of aldehydes is 1. The average Bonchev–Trinajstić information content (AvgIpc) is 2.41. The first-order valence-electron chi connectivity index (χ1n) is 5.70. The van der Waals surface area contributed by atoms with Gasteiger partial charge >= 0.3 is 0 Å². The van der Waals surface area contributed by atoms with Crippen LogP contribution in [-0.4, -0.2) is 13.3 Å². The van der Waals surface area contributed by atoms with Crippen LogP contribution in [0, 0.1) is 0 Å². The second kappa shape index (κ2) is 5.69. The molecule has 18 heavy (non-hydrogen) atoms. The Bertz CT molecular complexity index is 536. The number of nitrogens with zero attached hydrogens (tertiary/aromatic N) is 1. The topological polar surface area (TPSA) is 20.3 Å². The lowest BCUT2D eigenvalue weighted by atomic mass is 10.2. The van der Waals surface area contributed by atoms with Gasteiger partial charge in [0, 0.05) is 29.9 Å². The van der Waals surface area contributed by atoms with Crippen LogP contribution in [0.1, 0.15) is 15.9 Å². The highest BCUT2D eigenvalue weighted by atomic mass is 35.5. The molecule has 2 aromatic rings. The highest BCUT2D eigenvalue weighted by molar-refractivity contribution is 6.31. The van der Waals surface area contributed by atoms with Crippen molar-refractivity contribution in [2.24, 2.45) is 0 Å². The van der Waals surface area contributed by atoms with Gasteiger partial charge in [-0.15, -0.1) is 0 Å². The quantitative estimate of drug-likeness (QED) is 0.779. The summed E-state index contributed by atoms with van der Waals surface area (Å²) in [5, 5.41) is 0.772. The molecule has 2 rings (SSSR count). The molecule has 0 amide bonds. The lowest BCUT2D eigenvalue weighted by Crippen LogP contribution is -2.16. The Morgan fingerprint density at radius 2 is 1.78 bits per heavy atom. The first-order valence-corrected chi connectivity index (χ1v) is 6.08. The highest BCUT2D eigenvalue weighted by Gasteiger charge is 2.04. The van der Waals surface area contributed by atoms with E-state index in [9.17, 15) is 4.79 Å². The third-order valence-corrected chi connectivity index (χ3v) is 3.20. The molecule has 2 aromatic carbocycles. The average molecular weight is 260 g/mol. The van der Waals surface area contributed by atoms with Gasteiger partial charge in [0.1, 0.15) is 6.29 Å². The number of hydrogen-bond acceptors (Lipinski definition) is 2. The van der Waals surface area contributed by atoms with E-state index in [-0.39, 0.29) is 0 Å². The van der Waals surface area contributed by atoms with Crippen LogP contribution in [0.3, 0.4) is 0 Å². The molecule has 0 saturated heterocycles. The van der Waals surface area contributed by atoms with Gasteiger partial charge in [0.2, 0.25) is 0 Å². The molecule has 0 fully saturated rings. The molecule has 3 heteroatoms. The summed E-state index contributed by atoms with van der Waals surface area (Å²) in [6, 6.07) is 15.3. The second-order valence-corrected chi connectivity index (χ2v) is 4.56. The van der Waals surface area contributed by atoms with Gasteiger partial charge in [-0.3, -0.25) is 4.79 Å². The summed E-state index contributed by atoms with van der Waals surface area (Å²) in [4.78, 5) is 12.7.